The first-order valence-electron chi connectivity index (χ1n) is 8.37. The zero-order valence-corrected chi connectivity index (χ0v) is 15.5. The predicted octanol–water partition coefficient (Wildman–Crippen LogP) is 5.47. The highest BCUT2D eigenvalue weighted by Gasteiger charge is 2.22. The number of carbonyl (C=O) groups excluding carboxylic acids is 1. The molecule has 0 fully saturated rings. The number of alkyl halides is 1. The molecule has 9 heteroatoms. The Morgan fingerprint density at radius 1 is 1.14 bits per heavy atom. The van der Waals surface area contributed by atoms with Crippen molar-refractivity contribution in [2.24, 2.45) is 0 Å². The number of carbonyl (C=O) groups is 1. The van der Waals surface area contributed by atoms with Gasteiger partial charge in [-0.25, -0.2) is 23.1 Å². The van der Waals surface area contributed by atoms with Crippen molar-refractivity contribution in [2.75, 3.05) is 5.32 Å². The number of hydrogen-bond donors (Lipinski definition) is 1. The van der Waals surface area contributed by atoms with Crippen molar-refractivity contribution in [3.63, 3.8) is 0 Å². The zero-order valence-electron chi connectivity index (χ0n) is 14.7. The Hall–Kier alpha value is -3.46. The molecule has 146 valence electrons. The lowest BCUT2D eigenvalue weighted by Crippen LogP contribution is -2.15. The Morgan fingerprint density at radius 3 is 2.59 bits per heavy atom. The van der Waals surface area contributed by atoms with Gasteiger partial charge in [-0.05, 0) is 29.3 Å². The van der Waals surface area contributed by atoms with Gasteiger partial charge in [0.2, 0.25) is 0 Å². The Balaban J connectivity index is 1.75. The third-order valence-corrected chi connectivity index (χ3v) is 5.07. The van der Waals surface area contributed by atoms with Crippen LogP contribution in [-0.2, 0) is 6.67 Å². The predicted molar refractivity (Wildman–Crippen MR) is 102 cm³/mol. The summed E-state index contributed by atoms with van der Waals surface area (Å²) in [5, 5.41) is 2.51. The average molecular weight is 415 g/mol. The molecule has 2 heterocycles. The first kappa shape index (κ1) is 18.9. The van der Waals surface area contributed by atoms with Gasteiger partial charge in [-0.3, -0.25) is 10.1 Å². The maximum absolute atomic E-state index is 13.9. The number of anilines is 1. The largest absolute Gasteiger partial charge is 0.442 e. The molecular weight excluding hydrogens is 403 g/mol. The summed E-state index contributed by atoms with van der Waals surface area (Å²) in [7, 11) is 0. The molecule has 0 aliphatic carbocycles. The van der Waals surface area contributed by atoms with Crippen molar-refractivity contribution in [1.29, 1.82) is 0 Å². The molecule has 0 radical (unpaired) electrons. The minimum atomic E-state index is -0.981. The van der Waals surface area contributed by atoms with E-state index in [0.29, 0.717) is 27.5 Å². The first-order chi connectivity index (χ1) is 14.1. The lowest BCUT2D eigenvalue weighted by Gasteiger charge is -2.04. The van der Waals surface area contributed by atoms with Crippen LogP contribution in [0.3, 0.4) is 0 Å². The summed E-state index contributed by atoms with van der Waals surface area (Å²) in [5.74, 6) is -2.60. The van der Waals surface area contributed by atoms with Crippen molar-refractivity contribution in [2.45, 2.75) is 6.67 Å². The lowest BCUT2D eigenvalue weighted by atomic mass is 10.1. The number of benzene rings is 2. The number of oxazole rings is 1. The molecule has 0 unspecified atom stereocenters. The van der Waals surface area contributed by atoms with E-state index in [9.17, 15) is 18.0 Å². The number of thiazole rings is 1. The number of halogens is 3. The van der Waals surface area contributed by atoms with Crippen LogP contribution in [0, 0.1) is 11.6 Å². The summed E-state index contributed by atoms with van der Waals surface area (Å²) >= 11 is 1.07. The third kappa shape index (κ3) is 3.77. The maximum Gasteiger partial charge on any atom is 0.263 e. The second kappa shape index (κ2) is 7.88. The highest BCUT2D eigenvalue weighted by Crippen LogP contribution is 2.39. The van der Waals surface area contributed by atoms with E-state index in [1.165, 1.54) is 18.7 Å². The van der Waals surface area contributed by atoms with Gasteiger partial charge < -0.3 is 4.42 Å². The summed E-state index contributed by atoms with van der Waals surface area (Å²) in [5.41, 5.74) is 0.790. The molecule has 2 aromatic carbocycles. The minimum Gasteiger partial charge on any atom is -0.442 e. The number of hydrogen-bond acceptors (Lipinski definition) is 5. The van der Waals surface area contributed by atoms with Gasteiger partial charge in [0.15, 0.2) is 17.3 Å². The maximum atomic E-state index is 13.9. The van der Waals surface area contributed by atoms with Crippen molar-refractivity contribution in [1.82, 2.24) is 9.97 Å². The lowest BCUT2D eigenvalue weighted by molar-refractivity contribution is 0.101. The first-order valence-corrected chi connectivity index (χ1v) is 9.19. The summed E-state index contributed by atoms with van der Waals surface area (Å²) in [6.45, 7) is -0.638. The van der Waals surface area contributed by atoms with E-state index in [0.717, 1.165) is 23.5 Å². The van der Waals surface area contributed by atoms with Gasteiger partial charge in [-0.2, -0.15) is 0 Å². The monoisotopic (exact) mass is 415 g/mol. The standard InChI is InChI=1S/C20H12F3N3O2S/c21-8-11-3-1-4-12(7-11)18-17(15-9-24-10-28-15)25-20(29-18)26-19(27)16-13(22)5-2-6-14(16)23/h1-7,9-10H,8H2,(H,25,26,27). The van der Waals surface area contributed by atoms with Crippen molar-refractivity contribution in [3.8, 4) is 21.9 Å². The highest BCUT2D eigenvalue weighted by atomic mass is 32.1. The molecule has 2 aromatic heterocycles. The van der Waals surface area contributed by atoms with Gasteiger partial charge >= 0.3 is 0 Å². The Bertz CT molecular complexity index is 1160. The molecule has 1 N–H and O–H groups in total. The second-order valence-corrected chi connectivity index (χ2v) is 6.95. The van der Waals surface area contributed by atoms with E-state index in [4.69, 9.17) is 4.42 Å². The topological polar surface area (TPSA) is 68.0 Å². The summed E-state index contributed by atoms with van der Waals surface area (Å²) in [6, 6.07) is 9.90. The third-order valence-electron chi connectivity index (χ3n) is 4.05. The highest BCUT2D eigenvalue weighted by molar-refractivity contribution is 7.19. The molecule has 29 heavy (non-hydrogen) atoms. The average Bonchev–Trinajstić information content (AvgIpc) is 3.37. The summed E-state index contributed by atoms with van der Waals surface area (Å²) < 4.78 is 46.1. The van der Waals surface area contributed by atoms with Crippen LogP contribution in [-0.4, -0.2) is 15.9 Å². The van der Waals surface area contributed by atoms with Crippen LogP contribution < -0.4 is 5.32 Å². The van der Waals surface area contributed by atoms with Gasteiger partial charge in [0.25, 0.3) is 5.91 Å². The van der Waals surface area contributed by atoms with Crippen LogP contribution in [0.15, 0.2) is 59.5 Å². The van der Waals surface area contributed by atoms with Crippen LogP contribution in [0.2, 0.25) is 0 Å². The molecule has 0 bridgehead atoms. The van der Waals surface area contributed by atoms with Crippen molar-refractivity contribution >= 4 is 22.4 Å². The molecule has 1 amide bonds. The molecule has 0 saturated carbocycles. The van der Waals surface area contributed by atoms with Crippen LogP contribution in [0.1, 0.15) is 15.9 Å². The molecular formula is C20H12F3N3O2S. The quantitative estimate of drug-likeness (QED) is 0.470. The molecule has 4 rings (SSSR count). The molecule has 0 aliphatic heterocycles. The van der Waals surface area contributed by atoms with E-state index in [-0.39, 0.29) is 5.13 Å². The summed E-state index contributed by atoms with van der Waals surface area (Å²) in [4.78, 5) is 21.2. The van der Waals surface area contributed by atoms with Gasteiger partial charge in [0, 0.05) is 0 Å². The zero-order chi connectivity index (χ0) is 20.4. The molecule has 5 nitrogen and oxygen atoms in total. The van der Waals surface area contributed by atoms with Crippen LogP contribution >= 0.6 is 11.3 Å². The minimum absolute atomic E-state index is 0.102. The number of amides is 1. The van der Waals surface area contributed by atoms with E-state index in [1.807, 2.05) is 0 Å². The normalized spacial score (nSPS) is 10.9. The molecule has 0 aliphatic rings. The van der Waals surface area contributed by atoms with Gasteiger partial charge in [-0.15, -0.1) is 0 Å². The van der Waals surface area contributed by atoms with Crippen LogP contribution in [0.25, 0.3) is 21.9 Å². The molecule has 0 spiro atoms. The second-order valence-electron chi connectivity index (χ2n) is 5.95. The number of nitrogens with one attached hydrogen (secondary N) is 1. The Kier molecular flexibility index (Phi) is 5.13. The van der Waals surface area contributed by atoms with Crippen LogP contribution in [0.5, 0.6) is 0 Å². The van der Waals surface area contributed by atoms with Gasteiger partial charge in [0.05, 0.1) is 11.1 Å². The molecule has 0 atom stereocenters. The smallest absolute Gasteiger partial charge is 0.263 e. The van der Waals surface area contributed by atoms with E-state index in [2.05, 4.69) is 15.3 Å². The Morgan fingerprint density at radius 2 is 1.90 bits per heavy atom. The van der Waals surface area contributed by atoms with Crippen molar-refractivity contribution in [3.05, 3.63) is 77.8 Å². The van der Waals surface area contributed by atoms with Gasteiger partial charge in [-0.1, -0.05) is 35.6 Å². The van der Waals surface area contributed by atoms with E-state index < -0.39 is 29.8 Å². The summed E-state index contributed by atoms with van der Waals surface area (Å²) in [6.07, 6.45) is 2.67. The van der Waals surface area contributed by atoms with E-state index >= 15 is 0 Å². The van der Waals surface area contributed by atoms with Crippen molar-refractivity contribution < 1.29 is 22.4 Å². The Labute approximate surface area is 166 Å². The number of nitrogens with zero attached hydrogens (tertiary/aromatic N) is 2. The fraction of sp³-hybridized carbons (Fsp3) is 0.0500. The van der Waals surface area contributed by atoms with Gasteiger partial charge in [0.1, 0.15) is 29.6 Å². The van der Waals surface area contributed by atoms with E-state index in [1.54, 1.807) is 24.3 Å². The molecule has 0 saturated heterocycles. The fourth-order valence-corrected chi connectivity index (χ4v) is 3.70. The number of rotatable bonds is 5. The van der Waals surface area contributed by atoms with Crippen LogP contribution in [0.4, 0.5) is 18.3 Å². The fourth-order valence-electron chi connectivity index (χ4n) is 2.74. The number of aromatic nitrogens is 2. The molecule has 4 aromatic rings. The SMILES string of the molecule is O=C(Nc1nc(-c2cnco2)c(-c2cccc(CF)c2)s1)c1c(F)cccc1F.